The standard InChI is InChI=1S/C10H20N3O/c1-12(2)10(14)13-7-4-9(3-6-11)5-8-13/h9,11H,3-8H2,1-2H3. The van der Waals surface area contributed by atoms with E-state index >= 15 is 0 Å². The zero-order valence-electron chi connectivity index (χ0n) is 9.12. The van der Waals surface area contributed by atoms with Gasteiger partial charge in [0.25, 0.3) is 0 Å². The Hall–Kier alpha value is -0.770. The summed E-state index contributed by atoms with van der Waals surface area (Å²) in [4.78, 5) is 15.1. The predicted molar refractivity (Wildman–Crippen MR) is 56.0 cm³/mol. The van der Waals surface area contributed by atoms with Gasteiger partial charge in [0.05, 0.1) is 0 Å². The van der Waals surface area contributed by atoms with Gasteiger partial charge in [-0.05, 0) is 25.2 Å². The molecule has 0 unspecified atom stereocenters. The van der Waals surface area contributed by atoms with E-state index in [-0.39, 0.29) is 6.03 Å². The molecule has 1 fully saturated rings. The molecule has 81 valence electrons. The molecule has 0 atom stereocenters. The minimum Gasteiger partial charge on any atom is -0.331 e. The molecule has 1 aliphatic heterocycles. The lowest BCUT2D eigenvalue weighted by Gasteiger charge is -2.33. The average Bonchev–Trinajstić information content (AvgIpc) is 2.18. The number of nitrogens with zero attached hydrogens (tertiary/aromatic N) is 2. The molecular weight excluding hydrogens is 178 g/mol. The van der Waals surface area contributed by atoms with Crippen molar-refractivity contribution in [3.8, 4) is 0 Å². The van der Waals surface area contributed by atoms with Crippen LogP contribution in [-0.4, -0.2) is 49.6 Å². The molecule has 0 spiro atoms. The Morgan fingerprint density at radius 3 is 2.43 bits per heavy atom. The van der Waals surface area contributed by atoms with E-state index in [1.165, 1.54) is 0 Å². The third-order valence-corrected chi connectivity index (χ3v) is 2.82. The lowest BCUT2D eigenvalue weighted by molar-refractivity contribution is 0.146. The van der Waals surface area contributed by atoms with Crippen molar-refractivity contribution in [3.05, 3.63) is 0 Å². The molecule has 0 aromatic heterocycles. The van der Waals surface area contributed by atoms with Crippen LogP contribution in [0.25, 0.3) is 0 Å². The van der Waals surface area contributed by atoms with E-state index in [2.05, 4.69) is 0 Å². The van der Waals surface area contributed by atoms with Crippen molar-refractivity contribution >= 4 is 6.03 Å². The smallest absolute Gasteiger partial charge is 0.319 e. The average molecular weight is 198 g/mol. The number of urea groups is 1. The fourth-order valence-electron chi connectivity index (χ4n) is 1.90. The molecule has 0 aliphatic carbocycles. The Kier molecular flexibility index (Phi) is 4.20. The van der Waals surface area contributed by atoms with Crippen LogP contribution >= 0.6 is 0 Å². The molecule has 0 aromatic carbocycles. The fourth-order valence-corrected chi connectivity index (χ4v) is 1.90. The minimum absolute atomic E-state index is 0.120. The molecule has 4 nitrogen and oxygen atoms in total. The minimum atomic E-state index is 0.120. The fraction of sp³-hybridized carbons (Fsp3) is 0.900. The molecule has 2 amide bonds. The van der Waals surface area contributed by atoms with Crippen molar-refractivity contribution in [2.24, 2.45) is 5.92 Å². The zero-order valence-corrected chi connectivity index (χ0v) is 9.12. The van der Waals surface area contributed by atoms with Crippen LogP contribution in [-0.2, 0) is 0 Å². The zero-order chi connectivity index (χ0) is 10.6. The summed E-state index contributed by atoms with van der Waals surface area (Å²) in [6, 6.07) is 0.120. The van der Waals surface area contributed by atoms with Gasteiger partial charge in [0, 0.05) is 33.7 Å². The van der Waals surface area contributed by atoms with Crippen molar-refractivity contribution in [1.29, 1.82) is 0 Å². The van der Waals surface area contributed by atoms with Gasteiger partial charge < -0.3 is 9.80 Å². The van der Waals surface area contributed by atoms with Crippen LogP contribution in [0, 0.1) is 5.92 Å². The van der Waals surface area contributed by atoms with Crippen LogP contribution in [0.1, 0.15) is 19.3 Å². The molecule has 1 rings (SSSR count). The number of likely N-dealkylation sites (tertiary alicyclic amines) is 1. The molecule has 1 heterocycles. The topological polar surface area (TPSA) is 47.4 Å². The van der Waals surface area contributed by atoms with E-state index < -0.39 is 0 Å². The number of piperidine rings is 1. The second kappa shape index (κ2) is 5.20. The first kappa shape index (κ1) is 11.3. The molecule has 1 N–H and O–H groups in total. The second-order valence-electron chi connectivity index (χ2n) is 4.15. The molecular formula is C10H20N3O. The van der Waals surface area contributed by atoms with Crippen molar-refractivity contribution in [3.63, 3.8) is 0 Å². The van der Waals surface area contributed by atoms with E-state index in [1.54, 1.807) is 19.0 Å². The summed E-state index contributed by atoms with van der Waals surface area (Å²) >= 11 is 0. The Balaban J connectivity index is 2.32. The maximum atomic E-state index is 11.6. The number of rotatable bonds is 2. The number of amides is 2. The van der Waals surface area contributed by atoms with E-state index in [1.807, 2.05) is 4.90 Å². The number of carbonyl (C=O) groups excluding carboxylic acids is 1. The van der Waals surface area contributed by atoms with Crippen molar-refractivity contribution in [2.45, 2.75) is 19.3 Å². The molecule has 14 heavy (non-hydrogen) atoms. The molecule has 1 saturated heterocycles. The van der Waals surface area contributed by atoms with Crippen molar-refractivity contribution in [2.75, 3.05) is 33.7 Å². The van der Waals surface area contributed by atoms with Crippen molar-refractivity contribution in [1.82, 2.24) is 15.5 Å². The normalized spacial score (nSPS) is 18.4. The quantitative estimate of drug-likeness (QED) is 0.654. The summed E-state index contributed by atoms with van der Waals surface area (Å²) in [5.41, 5.74) is 7.15. The highest BCUT2D eigenvalue weighted by Crippen LogP contribution is 2.20. The van der Waals surface area contributed by atoms with Gasteiger partial charge >= 0.3 is 6.03 Å². The largest absolute Gasteiger partial charge is 0.331 e. The summed E-state index contributed by atoms with van der Waals surface area (Å²) in [7, 11) is 3.58. The van der Waals surface area contributed by atoms with Crippen LogP contribution in [0.2, 0.25) is 0 Å². The molecule has 4 heteroatoms. The third kappa shape index (κ3) is 2.87. The summed E-state index contributed by atoms with van der Waals surface area (Å²) in [6.45, 7) is 2.25. The Labute approximate surface area is 86.0 Å². The van der Waals surface area contributed by atoms with Gasteiger partial charge in [-0.3, -0.25) is 5.73 Å². The SMILES string of the molecule is CN(C)C(=O)N1CCC(CC[NH])CC1. The Bertz CT molecular complexity index is 186. The maximum Gasteiger partial charge on any atom is 0.319 e. The third-order valence-electron chi connectivity index (χ3n) is 2.82. The van der Waals surface area contributed by atoms with E-state index in [9.17, 15) is 4.79 Å². The highest BCUT2D eigenvalue weighted by Gasteiger charge is 2.22. The monoisotopic (exact) mass is 198 g/mol. The van der Waals surface area contributed by atoms with E-state index in [0.717, 1.165) is 32.4 Å². The van der Waals surface area contributed by atoms with Gasteiger partial charge in [-0.25, -0.2) is 4.79 Å². The van der Waals surface area contributed by atoms with Crippen molar-refractivity contribution < 1.29 is 4.79 Å². The van der Waals surface area contributed by atoms with Gasteiger partial charge in [-0.2, -0.15) is 0 Å². The van der Waals surface area contributed by atoms with Crippen LogP contribution in [0.5, 0.6) is 0 Å². The molecule has 1 aliphatic rings. The molecule has 0 saturated carbocycles. The summed E-state index contributed by atoms with van der Waals surface area (Å²) in [5, 5.41) is 0. The number of hydrogen-bond acceptors (Lipinski definition) is 1. The first-order chi connectivity index (χ1) is 6.65. The van der Waals surface area contributed by atoms with Gasteiger partial charge in [-0.15, -0.1) is 0 Å². The molecule has 0 bridgehead atoms. The Morgan fingerprint density at radius 1 is 1.43 bits per heavy atom. The molecule has 1 radical (unpaired) electrons. The predicted octanol–water partition coefficient (Wildman–Crippen LogP) is 1.05. The van der Waals surface area contributed by atoms with Crippen LogP contribution in [0.3, 0.4) is 0 Å². The number of carbonyl (C=O) groups is 1. The van der Waals surface area contributed by atoms with Gasteiger partial charge in [0.15, 0.2) is 0 Å². The summed E-state index contributed by atoms with van der Waals surface area (Å²) in [6.07, 6.45) is 3.13. The van der Waals surface area contributed by atoms with Gasteiger partial charge in [0.2, 0.25) is 0 Å². The lowest BCUT2D eigenvalue weighted by atomic mass is 9.94. The van der Waals surface area contributed by atoms with Gasteiger partial charge in [-0.1, -0.05) is 0 Å². The number of hydrogen-bond donors (Lipinski definition) is 0. The first-order valence-electron chi connectivity index (χ1n) is 5.26. The summed E-state index contributed by atoms with van der Waals surface area (Å²) in [5.74, 6) is 0.665. The number of nitrogens with one attached hydrogen (secondary N) is 1. The summed E-state index contributed by atoms with van der Waals surface area (Å²) < 4.78 is 0. The van der Waals surface area contributed by atoms with E-state index in [0.29, 0.717) is 12.5 Å². The highest BCUT2D eigenvalue weighted by molar-refractivity contribution is 5.73. The molecule has 0 aromatic rings. The maximum absolute atomic E-state index is 11.6. The van der Waals surface area contributed by atoms with Gasteiger partial charge in [0.1, 0.15) is 0 Å². The van der Waals surface area contributed by atoms with E-state index in [4.69, 9.17) is 5.73 Å². The van der Waals surface area contributed by atoms with Crippen LogP contribution < -0.4 is 5.73 Å². The highest BCUT2D eigenvalue weighted by atomic mass is 16.2. The van der Waals surface area contributed by atoms with Crippen LogP contribution in [0.4, 0.5) is 4.79 Å². The second-order valence-corrected chi connectivity index (χ2v) is 4.15. The Morgan fingerprint density at radius 2 is 2.00 bits per heavy atom. The first-order valence-corrected chi connectivity index (χ1v) is 5.26. The van der Waals surface area contributed by atoms with Crippen LogP contribution in [0.15, 0.2) is 0 Å². The lowest BCUT2D eigenvalue weighted by Crippen LogP contribution is -2.43.